The van der Waals surface area contributed by atoms with E-state index in [4.69, 9.17) is 5.53 Å². The van der Waals surface area contributed by atoms with Crippen molar-refractivity contribution in [3.05, 3.63) is 10.4 Å². The molecule has 0 aromatic heterocycles. The third-order valence-corrected chi connectivity index (χ3v) is 0.851. The van der Waals surface area contributed by atoms with Crippen LogP contribution in [0.1, 0.15) is 6.92 Å². The summed E-state index contributed by atoms with van der Waals surface area (Å²) in [5.74, 6) is -0.271. The summed E-state index contributed by atoms with van der Waals surface area (Å²) < 4.78 is 0. The van der Waals surface area contributed by atoms with Crippen molar-refractivity contribution in [3.8, 4) is 0 Å². The van der Waals surface area contributed by atoms with Crippen molar-refractivity contribution in [2.75, 3.05) is 7.05 Å². The molecule has 0 heterocycles. The van der Waals surface area contributed by atoms with Gasteiger partial charge in [0.1, 0.15) is 6.04 Å². The van der Waals surface area contributed by atoms with Gasteiger partial charge in [0.15, 0.2) is 0 Å². The molecule has 1 amide bonds. The lowest BCUT2D eigenvalue weighted by molar-refractivity contribution is -0.121. The molecule has 0 saturated heterocycles. The molecule has 0 fully saturated rings. The van der Waals surface area contributed by atoms with Crippen molar-refractivity contribution in [2.45, 2.75) is 13.0 Å². The highest BCUT2D eigenvalue weighted by Crippen LogP contribution is 1.87. The third kappa shape index (κ3) is 2.56. The molecule has 0 spiro atoms. The number of hydrogen-bond donors (Lipinski definition) is 1. The van der Waals surface area contributed by atoms with E-state index < -0.39 is 6.04 Å². The maximum Gasteiger partial charge on any atom is 0.228 e. The van der Waals surface area contributed by atoms with Gasteiger partial charge in [0, 0.05) is 12.0 Å². The van der Waals surface area contributed by atoms with Crippen LogP contribution in [-0.4, -0.2) is 19.0 Å². The molecule has 1 atom stereocenters. The van der Waals surface area contributed by atoms with Crippen LogP contribution in [0.2, 0.25) is 0 Å². The zero-order valence-electron chi connectivity index (χ0n) is 5.33. The molecule has 0 aliphatic carbocycles. The van der Waals surface area contributed by atoms with Crippen molar-refractivity contribution in [1.82, 2.24) is 5.32 Å². The first kappa shape index (κ1) is 7.78. The number of hydrogen-bond acceptors (Lipinski definition) is 2. The Bertz CT molecular complexity index is 149. The predicted octanol–water partition coefficient (Wildman–Crippen LogP) is 0.431. The third-order valence-electron chi connectivity index (χ3n) is 0.851. The molecule has 5 nitrogen and oxygen atoms in total. The van der Waals surface area contributed by atoms with Crippen LogP contribution in [0.15, 0.2) is 5.11 Å². The van der Waals surface area contributed by atoms with Gasteiger partial charge in [0.25, 0.3) is 0 Å². The minimum atomic E-state index is -0.611. The quantitative estimate of drug-likeness (QED) is 0.326. The van der Waals surface area contributed by atoms with E-state index in [1.807, 2.05) is 0 Å². The second-order valence-corrected chi connectivity index (χ2v) is 1.50. The molecule has 9 heavy (non-hydrogen) atoms. The Balaban J connectivity index is 3.87. The molecular weight excluding hydrogens is 120 g/mol. The van der Waals surface area contributed by atoms with Gasteiger partial charge < -0.3 is 5.32 Å². The van der Waals surface area contributed by atoms with E-state index in [1.165, 1.54) is 14.0 Å². The fraction of sp³-hybridized carbons (Fsp3) is 0.750. The molecule has 0 radical (unpaired) electrons. The highest BCUT2D eigenvalue weighted by atomic mass is 16.2. The summed E-state index contributed by atoms with van der Waals surface area (Å²) in [6.45, 7) is 1.53. The maximum atomic E-state index is 10.5. The van der Waals surface area contributed by atoms with Gasteiger partial charge in [-0.3, -0.25) is 4.79 Å². The zero-order chi connectivity index (χ0) is 7.28. The molecule has 0 aromatic carbocycles. The lowest BCUT2D eigenvalue weighted by Gasteiger charge is -1.99. The van der Waals surface area contributed by atoms with Crippen molar-refractivity contribution in [2.24, 2.45) is 5.11 Å². The molecule has 0 aromatic rings. The lowest BCUT2D eigenvalue weighted by Crippen LogP contribution is -2.27. The second kappa shape index (κ2) is 3.74. The molecule has 5 heteroatoms. The Hall–Kier alpha value is -1.22. The summed E-state index contributed by atoms with van der Waals surface area (Å²) in [7, 11) is 1.49. The van der Waals surface area contributed by atoms with Crippen LogP contribution in [0.3, 0.4) is 0 Å². The average molecular weight is 128 g/mol. The second-order valence-electron chi connectivity index (χ2n) is 1.50. The van der Waals surface area contributed by atoms with E-state index in [1.54, 1.807) is 0 Å². The van der Waals surface area contributed by atoms with E-state index in [-0.39, 0.29) is 5.91 Å². The molecule has 1 N–H and O–H groups in total. The first-order valence-corrected chi connectivity index (χ1v) is 2.48. The van der Waals surface area contributed by atoms with Gasteiger partial charge in [-0.15, -0.1) is 0 Å². The van der Waals surface area contributed by atoms with E-state index in [0.717, 1.165) is 0 Å². The summed E-state index contributed by atoms with van der Waals surface area (Å²) in [5.41, 5.74) is 7.86. The molecule has 0 aliphatic heterocycles. The molecule has 0 aliphatic rings. The van der Waals surface area contributed by atoms with Crippen molar-refractivity contribution < 1.29 is 4.79 Å². The highest BCUT2D eigenvalue weighted by molar-refractivity contribution is 5.81. The van der Waals surface area contributed by atoms with E-state index in [0.29, 0.717) is 0 Å². The molecule has 0 saturated carbocycles. The van der Waals surface area contributed by atoms with Gasteiger partial charge in [0.2, 0.25) is 5.91 Å². The fourth-order valence-corrected chi connectivity index (χ4v) is 0.339. The number of amides is 1. The molecule has 0 unspecified atom stereocenters. The lowest BCUT2D eigenvalue weighted by atomic mass is 10.3. The van der Waals surface area contributed by atoms with Crippen molar-refractivity contribution in [1.29, 1.82) is 0 Å². The number of azide groups is 1. The zero-order valence-corrected chi connectivity index (χ0v) is 5.33. The number of carbonyl (C=O) groups excluding carboxylic acids is 1. The topological polar surface area (TPSA) is 77.9 Å². The normalized spacial score (nSPS) is 11.3. The van der Waals surface area contributed by atoms with Crippen LogP contribution in [0.25, 0.3) is 10.4 Å². The summed E-state index contributed by atoms with van der Waals surface area (Å²) >= 11 is 0. The van der Waals surface area contributed by atoms with Crippen molar-refractivity contribution >= 4 is 5.91 Å². The fourth-order valence-electron chi connectivity index (χ4n) is 0.339. The molecule has 50 valence electrons. The number of carbonyl (C=O) groups is 1. The molecular formula is C4H8N4O. The van der Waals surface area contributed by atoms with Gasteiger partial charge in [0.05, 0.1) is 0 Å². The van der Waals surface area contributed by atoms with Gasteiger partial charge in [-0.05, 0) is 12.5 Å². The average Bonchev–Trinajstić information content (AvgIpc) is 1.87. The van der Waals surface area contributed by atoms with Crippen molar-refractivity contribution in [3.63, 3.8) is 0 Å². The maximum absolute atomic E-state index is 10.5. The minimum Gasteiger partial charge on any atom is -0.359 e. The largest absolute Gasteiger partial charge is 0.359 e. The SMILES string of the molecule is CNC(=O)[C@H](C)N=[N+]=[N-]. The standard InChI is InChI=1S/C4H8N4O/c1-3(7-8-5)4(9)6-2/h3H,1-2H3,(H,6,9)/t3-/m0/s1. The van der Waals surface area contributed by atoms with Crippen LogP contribution in [0, 0.1) is 0 Å². The Morgan fingerprint density at radius 2 is 2.44 bits per heavy atom. The Morgan fingerprint density at radius 1 is 1.89 bits per heavy atom. The Labute approximate surface area is 52.7 Å². The van der Waals surface area contributed by atoms with E-state index in [2.05, 4.69) is 15.3 Å². The monoisotopic (exact) mass is 128 g/mol. The number of nitrogens with zero attached hydrogens (tertiary/aromatic N) is 3. The highest BCUT2D eigenvalue weighted by Gasteiger charge is 2.05. The summed E-state index contributed by atoms with van der Waals surface area (Å²) in [5, 5.41) is 5.51. The summed E-state index contributed by atoms with van der Waals surface area (Å²) in [6.07, 6.45) is 0. The van der Waals surface area contributed by atoms with Crippen LogP contribution in [0.5, 0.6) is 0 Å². The van der Waals surface area contributed by atoms with Crippen LogP contribution in [0.4, 0.5) is 0 Å². The van der Waals surface area contributed by atoms with E-state index >= 15 is 0 Å². The van der Waals surface area contributed by atoms with E-state index in [9.17, 15) is 4.79 Å². The predicted molar refractivity (Wildman–Crippen MR) is 32.7 cm³/mol. The summed E-state index contributed by atoms with van der Waals surface area (Å²) in [6, 6.07) is -0.611. The summed E-state index contributed by atoms with van der Waals surface area (Å²) in [4.78, 5) is 13.0. The molecule has 0 bridgehead atoms. The first-order valence-electron chi connectivity index (χ1n) is 2.48. The first-order chi connectivity index (χ1) is 4.22. The molecule has 0 rings (SSSR count). The Morgan fingerprint density at radius 3 is 2.78 bits per heavy atom. The number of nitrogens with one attached hydrogen (secondary N) is 1. The number of rotatable bonds is 2. The van der Waals surface area contributed by atoms with Gasteiger partial charge >= 0.3 is 0 Å². The van der Waals surface area contributed by atoms with Crippen LogP contribution in [-0.2, 0) is 4.79 Å². The minimum absolute atomic E-state index is 0.271. The van der Waals surface area contributed by atoms with Crippen LogP contribution >= 0.6 is 0 Å². The van der Waals surface area contributed by atoms with Gasteiger partial charge in [-0.2, -0.15) is 0 Å². The number of likely N-dealkylation sites (N-methyl/N-ethyl adjacent to an activating group) is 1. The Kier molecular flexibility index (Phi) is 3.23. The van der Waals surface area contributed by atoms with Crippen LogP contribution < -0.4 is 5.32 Å². The van der Waals surface area contributed by atoms with Gasteiger partial charge in [-0.1, -0.05) is 5.11 Å². The van der Waals surface area contributed by atoms with Gasteiger partial charge in [-0.25, -0.2) is 0 Å². The smallest absolute Gasteiger partial charge is 0.228 e.